The number of hydrogen-bond donors (Lipinski definition) is 1. The van der Waals surface area contributed by atoms with Crippen LogP contribution in [0.15, 0.2) is 16.8 Å². The molecule has 102 valence electrons. The van der Waals surface area contributed by atoms with Gasteiger partial charge in [-0.05, 0) is 54.6 Å². The van der Waals surface area contributed by atoms with Gasteiger partial charge in [0.1, 0.15) is 0 Å². The number of nitrogens with one attached hydrogen (secondary N) is 1. The Labute approximate surface area is 120 Å². The molecule has 0 spiro atoms. The summed E-state index contributed by atoms with van der Waals surface area (Å²) in [4.78, 5) is 0. The molecule has 0 aromatic carbocycles. The van der Waals surface area contributed by atoms with Crippen LogP contribution < -0.4 is 5.32 Å². The van der Waals surface area contributed by atoms with Crippen molar-refractivity contribution >= 4 is 23.1 Å². The minimum absolute atomic E-state index is 0.658. The highest BCUT2D eigenvalue weighted by Crippen LogP contribution is 2.30. The summed E-state index contributed by atoms with van der Waals surface area (Å²) in [6.45, 7) is 3.40. The number of rotatable bonds is 8. The molecule has 1 heterocycles. The van der Waals surface area contributed by atoms with Gasteiger partial charge in [-0.25, -0.2) is 0 Å². The minimum Gasteiger partial charge on any atom is -0.313 e. The number of thiophene rings is 1. The van der Waals surface area contributed by atoms with Crippen molar-refractivity contribution in [1.29, 1.82) is 0 Å². The van der Waals surface area contributed by atoms with E-state index in [1.807, 2.05) is 11.3 Å². The van der Waals surface area contributed by atoms with Crippen molar-refractivity contribution < 1.29 is 0 Å². The molecular formula is C15H25NS2. The molecule has 1 nitrogen and oxygen atoms in total. The molecular weight excluding hydrogens is 258 g/mol. The van der Waals surface area contributed by atoms with Gasteiger partial charge in [-0.1, -0.05) is 19.8 Å². The Bertz CT molecular complexity index is 304. The highest BCUT2D eigenvalue weighted by Gasteiger charge is 2.17. The van der Waals surface area contributed by atoms with Crippen molar-refractivity contribution in [2.45, 2.75) is 56.7 Å². The maximum absolute atomic E-state index is 3.72. The average Bonchev–Trinajstić information content (AvgIpc) is 3.05. The van der Waals surface area contributed by atoms with Crippen molar-refractivity contribution in [3.05, 3.63) is 22.4 Å². The fraction of sp³-hybridized carbons (Fsp3) is 0.733. The Morgan fingerprint density at radius 3 is 2.94 bits per heavy atom. The van der Waals surface area contributed by atoms with E-state index in [4.69, 9.17) is 0 Å². The molecule has 18 heavy (non-hydrogen) atoms. The van der Waals surface area contributed by atoms with E-state index in [2.05, 4.69) is 40.8 Å². The summed E-state index contributed by atoms with van der Waals surface area (Å²) in [6, 6.07) is 2.93. The van der Waals surface area contributed by atoms with Gasteiger partial charge in [0, 0.05) is 17.0 Å². The lowest BCUT2D eigenvalue weighted by Crippen LogP contribution is -2.34. The van der Waals surface area contributed by atoms with E-state index in [-0.39, 0.29) is 0 Å². The van der Waals surface area contributed by atoms with Crippen LogP contribution in [0.3, 0.4) is 0 Å². The predicted octanol–water partition coefficient (Wildman–Crippen LogP) is 4.33. The van der Waals surface area contributed by atoms with E-state index in [1.165, 1.54) is 49.8 Å². The van der Waals surface area contributed by atoms with E-state index < -0.39 is 0 Å². The van der Waals surface area contributed by atoms with E-state index in [0.717, 1.165) is 11.8 Å². The van der Waals surface area contributed by atoms with Crippen LogP contribution in [-0.4, -0.2) is 23.6 Å². The molecule has 1 aliphatic rings. The summed E-state index contributed by atoms with van der Waals surface area (Å²) in [5, 5.41) is 9.14. The molecule has 1 fully saturated rings. The zero-order valence-electron chi connectivity index (χ0n) is 11.4. The van der Waals surface area contributed by atoms with Crippen LogP contribution in [0.25, 0.3) is 0 Å². The second-order valence-corrected chi connectivity index (χ2v) is 7.34. The van der Waals surface area contributed by atoms with Crippen molar-refractivity contribution in [3.63, 3.8) is 0 Å². The summed E-state index contributed by atoms with van der Waals surface area (Å²) in [7, 11) is 0. The van der Waals surface area contributed by atoms with E-state index in [0.29, 0.717) is 6.04 Å². The van der Waals surface area contributed by atoms with Gasteiger partial charge in [0.05, 0.1) is 0 Å². The lowest BCUT2D eigenvalue weighted by molar-refractivity contribution is 0.550. The first kappa shape index (κ1) is 14.4. The molecule has 1 atom stereocenters. The molecule has 1 aliphatic carbocycles. The zero-order chi connectivity index (χ0) is 12.6. The Hall–Kier alpha value is 0.01000. The first-order valence-electron chi connectivity index (χ1n) is 7.24. The number of thioether (sulfide) groups is 1. The molecule has 2 rings (SSSR count). The largest absolute Gasteiger partial charge is 0.313 e. The fourth-order valence-corrected chi connectivity index (χ4v) is 4.63. The normalized spacial score (nSPS) is 18.3. The third-order valence-electron chi connectivity index (χ3n) is 3.58. The Morgan fingerprint density at radius 2 is 2.28 bits per heavy atom. The summed E-state index contributed by atoms with van der Waals surface area (Å²) in [5.41, 5.74) is 1.50. The van der Waals surface area contributed by atoms with Crippen LogP contribution in [0.5, 0.6) is 0 Å². The quantitative estimate of drug-likeness (QED) is 0.762. The lowest BCUT2D eigenvalue weighted by atomic mass is 10.1. The Kier molecular flexibility index (Phi) is 6.60. The second kappa shape index (κ2) is 8.23. The molecule has 1 unspecified atom stereocenters. The van der Waals surface area contributed by atoms with E-state index in [9.17, 15) is 0 Å². The zero-order valence-corrected chi connectivity index (χ0v) is 13.0. The lowest BCUT2D eigenvalue weighted by Gasteiger charge is -2.19. The molecule has 0 aliphatic heterocycles. The monoisotopic (exact) mass is 283 g/mol. The van der Waals surface area contributed by atoms with Crippen LogP contribution in [0.2, 0.25) is 0 Å². The molecule has 0 bridgehead atoms. The maximum atomic E-state index is 3.72. The third-order valence-corrected chi connectivity index (χ3v) is 5.85. The van der Waals surface area contributed by atoms with Crippen LogP contribution in [0, 0.1) is 0 Å². The van der Waals surface area contributed by atoms with E-state index >= 15 is 0 Å². The minimum atomic E-state index is 0.658. The summed E-state index contributed by atoms with van der Waals surface area (Å²) < 4.78 is 0. The van der Waals surface area contributed by atoms with Gasteiger partial charge in [0.2, 0.25) is 0 Å². The smallest absolute Gasteiger partial charge is 0.0198 e. The maximum Gasteiger partial charge on any atom is 0.0198 e. The molecule has 0 saturated heterocycles. The first-order valence-corrected chi connectivity index (χ1v) is 9.23. The van der Waals surface area contributed by atoms with E-state index in [1.54, 1.807) is 0 Å². The molecule has 3 heteroatoms. The van der Waals surface area contributed by atoms with Gasteiger partial charge in [-0.3, -0.25) is 0 Å². The predicted molar refractivity (Wildman–Crippen MR) is 84.8 cm³/mol. The first-order chi connectivity index (χ1) is 8.88. The topological polar surface area (TPSA) is 12.0 Å². The van der Waals surface area contributed by atoms with Crippen molar-refractivity contribution in [1.82, 2.24) is 5.32 Å². The third kappa shape index (κ3) is 4.94. The second-order valence-electron chi connectivity index (χ2n) is 5.23. The standard InChI is InChI=1S/C15H25NS2/c1-2-8-16-14(10-13-7-9-17-11-13)12-18-15-5-3-4-6-15/h7,9,11,14-16H,2-6,8,10,12H2,1H3. The Balaban J connectivity index is 1.76. The summed E-state index contributed by atoms with van der Waals surface area (Å²) >= 11 is 4.02. The highest BCUT2D eigenvalue weighted by atomic mass is 32.2. The SMILES string of the molecule is CCCNC(CSC1CCCC1)Cc1ccsc1. The van der Waals surface area contributed by atoms with Gasteiger partial charge in [-0.2, -0.15) is 23.1 Å². The van der Waals surface area contributed by atoms with Crippen LogP contribution in [0.4, 0.5) is 0 Å². The van der Waals surface area contributed by atoms with Gasteiger partial charge in [0.15, 0.2) is 0 Å². The van der Waals surface area contributed by atoms with Crippen molar-refractivity contribution in [3.8, 4) is 0 Å². The molecule has 1 aromatic rings. The molecule has 0 radical (unpaired) electrons. The molecule has 0 amide bonds. The Morgan fingerprint density at radius 1 is 1.44 bits per heavy atom. The van der Waals surface area contributed by atoms with Gasteiger partial charge in [0.25, 0.3) is 0 Å². The highest BCUT2D eigenvalue weighted by molar-refractivity contribution is 7.99. The van der Waals surface area contributed by atoms with Crippen LogP contribution >= 0.6 is 23.1 Å². The van der Waals surface area contributed by atoms with Crippen LogP contribution in [0.1, 0.15) is 44.6 Å². The summed E-state index contributed by atoms with van der Waals surface area (Å²) in [6.07, 6.45) is 8.23. The fourth-order valence-electron chi connectivity index (χ4n) is 2.54. The van der Waals surface area contributed by atoms with Crippen LogP contribution in [-0.2, 0) is 6.42 Å². The van der Waals surface area contributed by atoms with Crippen molar-refractivity contribution in [2.24, 2.45) is 0 Å². The average molecular weight is 284 g/mol. The molecule has 1 aromatic heterocycles. The molecule has 1 saturated carbocycles. The van der Waals surface area contributed by atoms with Gasteiger partial charge < -0.3 is 5.32 Å². The molecule has 1 N–H and O–H groups in total. The van der Waals surface area contributed by atoms with Crippen molar-refractivity contribution in [2.75, 3.05) is 12.3 Å². The van der Waals surface area contributed by atoms with Gasteiger partial charge >= 0.3 is 0 Å². The van der Waals surface area contributed by atoms with Gasteiger partial charge in [-0.15, -0.1) is 0 Å². The summed E-state index contributed by atoms with van der Waals surface area (Å²) in [5.74, 6) is 1.28. The number of hydrogen-bond acceptors (Lipinski definition) is 3.